The molecule has 0 bridgehead atoms. The number of nitrogens with zero attached hydrogens (tertiary/aromatic N) is 3. The Balaban J connectivity index is 1.68. The zero-order valence-corrected chi connectivity index (χ0v) is 16.8. The predicted molar refractivity (Wildman–Crippen MR) is 107 cm³/mol. The topological polar surface area (TPSA) is 97.6 Å². The fraction of sp³-hybridized carbons (Fsp3) is 0.524. The zero-order chi connectivity index (χ0) is 20.5. The summed E-state index contributed by atoms with van der Waals surface area (Å²) >= 11 is 0. The predicted octanol–water partition coefficient (Wildman–Crippen LogP) is 2.38. The van der Waals surface area contributed by atoms with Crippen LogP contribution in [0.3, 0.4) is 0 Å². The van der Waals surface area contributed by atoms with Gasteiger partial charge in [0.15, 0.2) is 0 Å². The lowest BCUT2D eigenvalue weighted by atomic mass is 9.99. The minimum Gasteiger partial charge on any atom is -0.372 e. The maximum Gasteiger partial charge on any atom is 0.248 e. The molecule has 8 nitrogen and oxygen atoms in total. The molecule has 1 aliphatic heterocycles. The van der Waals surface area contributed by atoms with Gasteiger partial charge in [0.05, 0.1) is 0 Å². The molecule has 1 N–H and O–H groups in total. The summed E-state index contributed by atoms with van der Waals surface area (Å²) in [5.41, 5.74) is 0.903. The van der Waals surface area contributed by atoms with Crippen molar-refractivity contribution in [2.45, 2.75) is 38.5 Å². The summed E-state index contributed by atoms with van der Waals surface area (Å²) in [5.74, 6) is 1.02. The van der Waals surface area contributed by atoms with Crippen LogP contribution in [-0.4, -0.2) is 59.7 Å². The third-order valence-corrected chi connectivity index (χ3v) is 5.01. The van der Waals surface area contributed by atoms with E-state index in [9.17, 15) is 9.59 Å². The van der Waals surface area contributed by atoms with Crippen LogP contribution in [0.15, 0.2) is 34.9 Å². The Morgan fingerprint density at radius 2 is 2.10 bits per heavy atom. The molecule has 0 spiro atoms. The number of benzene rings is 1. The molecular formula is C21H28N4O4. The van der Waals surface area contributed by atoms with Gasteiger partial charge in [-0.3, -0.25) is 9.59 Å². The lowest BCUT2D eigenvalue weighted by Gasteiger charge is -2.22. The van der Waals surface area contributed by atoms with Crippen LogP contribution in [0.2, 0.25) is 0 Å². The van der Waals surface area contributed by atoms with Crippen molar-refractivity contribution in [2.24, 2.45) is 0 Å². The van der Waals surface area contributed by atoms with E-state index < -0.39 is 0 Å². The summed E-state index contributed by atoms with van der Waals surface area (Å²) < 4.78 is 10.8. The van der Waals surface area contributed by atoms with E-state index in [1.807, 2.05) is 37.3 Å². The van der Waals surface area contributed by atoms with Crippen LogP contribution in [0.5, 0.6) is 0 Å². The van der Waals surface area contributed by atoms with E-state index in [0.29, 0.717) is 44.4 Å². The smallest absolute Gasteiger partial charge is 0.248 e. The first-order valence-corrected chi connectivity index (χ1v) is 10.2. The highest BCUT2D eigenvalue weighted by molar-refractivity contribution is 5.79. The van der Waals surface area contributed by atoms with Gasteiger partial charge in [0.1, 0.15) is 6.61 Å². The summed E-state index contributed by atoms with van der Waals surface area (Å²) in [4.78, 5) is 30.7. The van der Waals surface area contributed by atoms with Crippen LogP contribution in [0.1, 0.15) is 44.4 Å². The molecule has 1 saturated heterocycles. The second kappa shape index (κ2) is 10.7. The van der Waals surface area contributed by atoms with E-state index in [-0.39, 0.29) is 24.3 Å². The molecule has 3 rings (SSSR count). The van der Waals surface area contributed by atoms with Crippen molar-refractivity contribution in [1.82, 2.24) is 20.4 Å². The highest BCUT2D eigenvalue weighted by atomic mass is 16.5. The van der Waals surface area contributed by atoms with Crippen molar-refractivity contribution < 1.29 is 18.8 Å². The number of ether oxygens (including phenoxy) is 1. The lowest BCUT2D eigenvalue weighted by molar-refractivity contribution is -0.136. The molecule has 0 radical (unpaired) electrons. The summed E-state index contributed by atoms with van der Waals surface area (Å²) in [6, 6.07) is 9.68. The van der Waals surface area contributed by atoms with Crippen LogP contribution >= 0.6 is 0 Å². The largest absolute Gasteiger partial charge is 0.372 e. The second-order valence-electron chi connectivity index (χ2n) is 7.07. The average Bonchev–Trinajstić information content (AvgIpc) is 3.22. The minimum absolute atomic E-state index is 0.0298. The first-order valence-electron chi connectivity index (χ1n) is 10.2. The molecule has 0 saturated carbocycles. The van der Waals surface area contributed by atoms with Gasteiger partial charge in [0.25, 0.3) is 0 Å². The maximum atomic E-state index is 12.4. The van der Waals surface area contributed by atoms with Crippen LogP contribution in [0.25, 0.3) is 11.4 Å². The molecule has 2 aromatic rings. The molecule has 1 unspecified atom stereocenters. The molecule has 1 fully saturated rings. The number of carbonyl (C=O) groups is 2. The zero-order valence-electron chi connectivity index (χ0n) is 16.8. The van der Waals surface area contributed by atoms with E-state index in [4.69, 9.17) is 9.26 Å². The number of amides is 2. The number of nitrogens with one attached hydrogen (secondary N) is 1. The van der Waals surface area contributed by atoms with Crippen molar-refractivity contribution in [3.8, 4) is 11.4 Å². The van der Waals surface area contributed by atoms with Crippen molar-refractivity contribution in [3.05, 3.63) is 36.2 Å². The number of hydrogen-bond acceptors (Lipinski definition) is 6. The molecule has 1 aliphatic rings. The quantitative estimate of drug-likeness (QED) is 0.828. The van der Waals surface area contributed by atoms with Gasteiger partial charge >= 0.3 is 0 Å². The number of carbonyl (C=O) groups excluding carboxylic acids is 2. The Bertz CT molecular complexity index is 793. The Morgan fingerprint density at radius 1 is 1.28 bits per heavy atom. The minimum atomic E-state index is -0.0837. The molecule has 1 aromatic carbocycles. The van der Waals surface area contributed by atoms with E-state index >= 15 is 0 Å². The monoisotopic (exact) mass is 400 g/mol. The molecule has 8 heteroatoms. The van der Waals surface area contributed by atoms with Gasteiger partial charge in [-0.1, -0.05) is 35.5 Å². The Labute approximate surface area is 170 Å². The van der Waals surface area contributed by atoms with E-state index in [1.54, 1.807) is 4.90 Å². The van der Waals surface area contributed by atoms with Crippen molar-refractivity contribution in [3.63, 3.8) is 0 Å². The van der Waals surface area contributed by atoms with Crippen LogP contribution < -0.4 is 5.32 Å². The number of rotatable bonds is 5. The normalized spacial score (nSPS) is 18.7. The fourth-order valence-corrected chi connectivity index (χ4v) is 3.38. The van der Waals surface area contributed by atoms with Gasteiger partial charge < -0.3 is 19.5 Å². The first kappa shape index (κ1) is 21.0. The third kappa shape index (κ3) is 6.12. The summed E-state index contributed by atoms with van der Waals surface area (Å²) in [6.07, 6.45) is 2.60. The van der Waals surface area contributed by atoms with Gasteiger partial charge in [-0.25, -0.2) is 0 Å². The Kier molecular flexibility index (Phi) is 7.75. The molecule has 1 aromatic heterocycles. The maximum absolute atomic E-state index is 12.4. The highest BCUT2D eigenvalue weighted by Gasteiger charge is 2.22. The van der Waals surface area contributed by atoms with E-state index in [1.165, 1.54) is 0 Å². The molecule has 29 heavy (non-hydrogen) atoms. The second-order valence-corrected chi connectivity index (χ2v) is 7.07. The van der Waals surface area contributed by atoms with Gasteiger partial charge in [-0.05, 0) is 26.2 Å². The SMILES string of the molecule is CCOCC(=O)N1CCCC(c2nc(-c3ccccc3)no2)CCNC(=O)CC1. The standard InChI is InChI=1S/C21H28N4O4/c1-2-28-15-19(27)25-13-6-9-17(10-12-22-18(26)11-14-25)21-23-20(24-29-21)16-7-4-3-5-8-16/h3-5,7-8,17H,2,6,9-15H2,1H3,(H,22,26). The van der Waals surface area contributed by atoms with Crippen molar-refractivity contribution in [2.75, 3.05) is 32.8 Å². The van der Waals surface area contributed by atoms with Gasteiger partial charge in [0, 0.05) is 44.1 Å². The number of aromatic nitrogens is 2. The van der Waals surface area contributed by atoms with Crippen LogP contribution in [0.4, 0.5) is 0 Å². The molecule has 156 valence electrons. The van der Waals surface area contributed by atoms with Gasteiger partial charge in [-0.15, -0.1) is 0 Å². The number of hydrogen-bond donors (Lipinski definition) is 1. The van der Waals surface area contributed by atoms with Gasteiger partial charge in [0.2, 0.25) is 23.5 Å². The van der Waals surface area contributed by atoms with Crippen LogP contribution in [0, 0.1) is 0 Å². The molecule has 1 atom stereocenters. The highest BCUT2D eigenvalue weighted by Crippen LogP contribution is 2.26. The van der Waals surface area contributed by atoms with Crippen LogP contribution in [-0.2, 0) is 14.3 Å². The van der Waals surface area contributed by atoms with Crippen molar-refractivity contribution >= 4 is 11.8 Å². The van der Waals surface area contributed by atoms with Gasteiger partial charge in [-0.2, -0.15) is 4.98 Å². The average molecular weight is 400 g/mol. The molecular weight excluding hydrogens is 372 g/mol. The summed E-state index contributed by atoms with van der Waals surface area (Å²) in [7, 11) is 0. The van der Waals surface area contributed by atoms with E-state index in [2.05, 4.69) is 15.5 Å². The Morgan fingerprint density at radius 3 is 2.90 bits per heavy atom. The molecule has 2 amide bonds. The lowest BCUT2D eigenvalue weighted by Crippen LogP contribution is -2.37. The van der Waals surface area contributed by atoms with Crippen molar-refractivity contribution in [1.29, 1.82) is 0 Å². The first-order chi connectivity index (χ1) is 14.2. The molecule has 2 heterocycles. The summed E-state index contributed by atoms with van der Waals surface area (Å²) in [5, 5.41) is 7.04. The van der Waals surface area contributed by atoms with E-state index in [0.717, 1.165) is 24.8 Å². The summed E-state index contributed by atoms with van der Waals surface area (Å²) in [6.45, 7) is 3.91. The molecule has 0 aliphatic carbocycles. The fourth-order valence-electron chi connectivity index (χ4n) is 3.38. The third-order valence-electron chi connectivity index (χ3n) is 5.01. The Hall–Kier alpha value is -2.74.